The summed E-state index contributed by atoms with van der Waals surface area (Å²) in [7, 11) is 0. The normalized spacial score (nSPS) is 17.7. The number of anilines is 1. The smallest absolute Gasteiger partial charge is 0.101 e. The highest BCUT2D eigenvalue weighted by Gasteiger charge is 2.29. The Morgan fingerprint density at radius 1 is 0.675 bits per heavy atom. The number of nitrogens with zero attached hydrogens (tertiary/aromatic N) is 2. The molecule has 3 nitrogen and oxygen atoms in total. The summed E-state index contributed by atoms with van der Waals surface area (Å²) < 4.78 is 0. The molecule has 196 valence electrons. The molecule has 0 saturated heterocycles. The van der Waals surface area contributed by atoms with E-state index in [1.54, 1.807) is 0 Å². The number of aryl methyl sites for hydroxylation is 2. The highest BCUT2D eigenvalue weighted by molar-refractivity contribution is 6.06. The van der Waals surface area contributed by atoms with Gasteiger partial charge >= 0.3 is 0 Å². The Balaban J connectivity index is 1.22. The molecule has 2 aliphatic rings. The summed E-state index contributed by atoms with van der Waals surface area (Å²) in [6.45, 7) is 4.21. The number of aliphatic imine (C=N–C) groups is 1. The maximum atomic E-state index is 10.2. The SMILES string of the molecule is Cc1ccc(-c2ccc(N=C3CCC4CCC(Nc5ccc(-c6ccc(C)cc6)cc5)=CC4=C3C#N)cc2)cc1. The van der Waals surface area contributed by atoms with Crippen molar-refractivity contribution in [3.63, 3.8) is 0 Å². The lowest BCUT2D eigenvalue weighted by molar-refractivity contribution is 0.512. The lowest BCUT2D eigenvalue weighted by atomic mass is 9.76. The van der Waals surface area contributed by atoms with E-state index < -0.39 is 0 Å². The van der Waals surface area contributed by atoms with Gasteiger partial charge in [0.1, 0.15) is 6.07 Å². The summed E-state index contributed by atoms with van der Waals surface area (Å²) in [6, 6.07) is 36.6. The van der Waals surface area contributed by atoms with Crippen LogP contribution in [0.15, 0.2) is 125 Å². The molecule has 4 aromatic rings. The van der Waals surface area contributed by atoms with E-state index in [0.717, 1.165) is 59.6 Å². The van der Waals surface area contributed by atoms with Gasteiger partial charge in [-0.15, -0.1) is 0 Å². The van der Waals surface area contributed by atoms with E-state index in [9.17, 15) is 5.26 Å². The van der Waals surface area contributed by atoms with E-state index in [1.165, 1.54) is 33.4 Å². The summed E-state index contributed by atoms with van der Waals surface area (Å²) in [5.41, 5.74) is 13.2. The number of rotatable bonds is 5. The first kappa shape index (κ1) is 25.6. The molecule has 2 aliphatic carbocycles. The number of allylic oxidation sites excluding steroid dienone is 4. The van der Waals surface area contributed by atoms with E-state index in [1.807, 2.05) is 0 Å². The number of hydrogen-bond acceptors (Lipinski definition) is 3. The van der Waals surface area contributed by atoms with Crippen LogP contribution in [0.2, 0.25) is 0 Å². The second-order valence-corrected chi connectivity index (χ2v) is 10.9. The van der Waals surface area contributed by atoms with Gasteiger partial charge in [0, 0.05) is 11.4 Å². The van der Waals surface area contributed by atoms with Crippen LogP contribution in [0.5, 0.6) is 0 Å². The molecule has 1 atom stereocenters. The molecular weight excluding hydrogens is 486 g/mol. The van der Waals surface area contributed by atoms with Crippen molar-refractivity contribution in [2.45, 2.75) is 39.5 Å². The van der Waals surface area contributed by atoms with E-state index in [-0.39, 0.29) is 0 Å². The van der Waals surface area contributed by atoms with Gasteiger partial charge in [-0.25, -0.2) is 0 Å². The van der Waals surface area contributed by atoms with Crippen LogP contribution in [0, 0.1) is 31.1 Å². The predicted octanol–water partition coefficient (Wildman–Crippen LogP) is 9.73. The molecule has 0 fully saturated rings. The minimum Gasteiger partial charge on any atom is -0.359 e. The van der Waals surface area contributed by atoms with Gasteiger partial charge in [-0.3, -0.25) is 4.99 Å². The van der Waals surface area contributed by atoms with Crippen LogP contribution in [0.25, 0.3) is 22.3 Å². The van der Waals surface area contributed by atoms with E-state index >= 15 is 0 Å². The molecule has 0 heterocycles. The summed E-state index contributed by atoms with van der Waals surface area (Å²) in [5.74, 6) is 0.423. The molecule has 3 heteroatoms. The second-order valence-electron chi connectivity index (χ2n) is 10.9. The molecule has 0 bridgehead atoms. The second kappa shape index (κ2) is 11.2. The topological polar surface area (TPSA) is 48.2 Å². The highest BCUT2D eigenvalue weighted by Crippen LogP contribution is 2.39. The Bertz CT molecular complexity index is 1640. The maximum Gasteiger partial charge on any atom is 0.101 e. The number of hydrogen-bond donors (Lipinski definition) is 1. The first-order valence-corrected chi connectivity index (χ1v) is 14.1. The van der Waals surface area contributed by atoms with Gasteiger partial charge in [-0.1, -0.05) is 83.9 Å². The summed E-state index contributed by atoms with van der Waals surface area (Å²) in [4.78, 5) is 4.95. The molecule has 0 aliphatic heterocycles. The lowest BCUT2D eigenvalue weighted by Crippen LogP contribution is -2.22. The zero-order valence-electron chi connectivity index (χ0n) is 23.1. The number of nitriles is 1. The molecule has 0 amide bonds. The van der Waals surface area contributed by atoms with E-state index in [4.69, 9.17) is 4.99 Å². The van der Waals surface area contributed by atoms with E-state index in [2.05, 4.69) is 128 Å². The largest absolute Gasteiger partial charge is 0.359 e. The van der Waals surface area contributed by atoms with E-state index in [0.29, 0.717) is 5.92 Å². The first-order valence-electron chi connectivity index (χ1n) is 14.1. The lowest BCUT2D eigenvalue weighted by Gasteiger charge is -2.30. The average Bonchev–Trinajstić information content (AvgIpc) is 2.99. The molecule has 6 rings (SSSR count). The molecular formula is C37H33N3. The van der Waals surface area contributed by atoms with Gasteiger partial charge in [-0.2, -0.15) is 5.26 Å². The maximum absolute atomic E-state index is 10.2. The van der Waals surface area contributed by atoms with Gasteiger partial charge in [0.25, 0.3) is 0 Å². The average molecular weight is 520 g/mol. The fraction of sp³-hybridized carbons (Fsp3) is 0.189. The van der Waals surface area contributed by atoms with Crippen LogP contribution < -0.4 is 5.32 Å². The monoisotopic (exact) mass is 519 g/mol. The van der Waals surface area contributed by atoms with Gasteiger partial charge in [0.05, 0.1) is 17.0 Å². The fourth-order valence-corrected chi connectivity index (χ4v) is 5.69. The van der Waals surface area contributed by atoms with Gasteiger partial charge in [0.15, 0.2) is 0 Å². The predicted molar refractivity (Wildman–Crippen MR) is 167 cm³/mol. The number of fused-ring (bicyclic) bond motifs is 1. The molecule has 4 aromatic carbocycles. The molecule has 0 radical (unpaired) electrons. The zero-order chi connectivity index (χ0) is 27.5. The third-order valence-electron chi connectivity index (χ3n) is 8.04. The summed E-state index contributed by atoms with van der Waals surface area (Å²) >= 11 is 0. The molecule has 0 saturated carbocycles. The molecule has 0 aromatic heterocycles. The van der Waals surface area contributed by atoms with Gasteiger partial charge < -0.3 is 5.32 Å². The van der Waals surface area contributed by atoms with Gasteiger partial charge in [0.2, 0.25) is 0 Å². The first-order chi connectivity index (χ1) is 19.6. The molecule has 1 unspecified atom stereocenters. The van der Waals surface area contributed by atoms with Crippen molar-refractivity contribution < 1.29 is 0 Å². The van der Waals surface area contributed by atoms with Crippen LogP contribution >= 0.6 is 0 Å². The van der Waals surface area contributed by atoms with Crippen LogP contribution in [-0.4, -0.2) is 5.71 Å². The van der Waals surface area contributed by atoms with Crippen molar-refractivity contribution in [1.29, 1.82) is 5.26 Å². The third-order valence-corrected chi connectivity index (χ3v) is 8.04. The number of benzene rings is 4. The van der Waals surface area contributed by atoms with Crippen molar-refractivity contribution >= 4 is 17.1 Å². The zero-order valence-corrected chi connectivity index (χ0v) is 23.1. The van der Waals surface area contributed by atoms with Crippen molar-refractivity contribution in [3.05, 3.63) is 131 Å². The van der Waals surface area contributed by atoms with Crippen LogP contribution in [0.1, 0.15) is 36.8 Å². The minimum atomic E-state index is 0.423. The van der Waals surface area contributed by atoms with Crippen molar-refractivity contribution in [3.8, 4) is 28.3 Å². The Morgan fingerprint density at radius 3 is 1.73 bits per heavy atom. The van der Waals surface area contributed by atoms with Crippen LogP contribution in [0.4, 0.5) is 11.4 Å². The molecule has 1 N–H and O–H groups in total. The fourth-order valence-electron chi connectivity index (χ4n) is 5.69. The highest BCUT2D eigenvalue weighted by atomic mass is 14.9. The van der Waals surface area contributed by atoms with Crippen molar-refractivity contribution in [2.24, 2.45) is 10.9 Å². The standard InChI is InChI=1S/C37H33N3/c1-25-3-7-27(8-4-25)29-11-17-32(18-12-29)39-34-21-15-31-16-22-37(36(24-38)35(31)23-34)40-33-19-13-30(14-20-33)28-9-5-26(2)6-10-28/h3-14,17-20,23,31,39H,15-16,21-22H2,1-2H3. The minimum absolute atomic E-state index is 0.423. The Morgan fingerprint density at radius 2 is 1.18 bits per heavy atom. The van der Waals surface area contributed by atoms with Crippen LogP contribution in [0.3, 0.4) is 0 Å². The number of nitrogens with one attached hydrogen (secondary N) is 1. The Kier molecular flexibility index (Phi) is 7.17. The Hall–Kier alpha value is -4.68. The Labute approximate surface area is 237 Å². The summed E-state index contributed by atoms with van der Waals surface area (Å²) in [5, 5.41) is 13.8. The third kappa shape index (κ3) is 5.53. The van der Waals surface area contributed by atoms with Crippen molar-refractivity contribution in [2.75, 3.05) is 5.32 Å². The van der Waals surface area contributed by atoms with Gasteiger partial charge in [-0.05, 0) is 104 Å². The molecule has 40 heavy (non-hydrogen) atoms. The quantitative estimate of drug-likeness (QED) is 0.285. The summed E-state index contributed by atoms with van der Waals surface area (Å²) in [6.07, 6.45) is 6.12. The van der Waals surface area contributed by atoms with Crippen LogP contribution in [-0.2, 0) is 0 Å². The van der Waals surface area contributed by atoms with Crippen molar-refractivity contribution in [1.82, 2.24) is 0 Å². The molecule has 0 spiro atoms.